The summed E-state index contributed by atoms with van der Waals surface area (Å²) in [6, 6.07) is 58.3. The van der Waals surface area contributed by atoms with Crippen LogP contribution in [0.5, 0.6) is 0 Å². The minimum Gasteiger partial charge on any atom is -0.456 e. The van der Waals surface area contributed by atoms with Gasteiger partial charge >= 0.3 is 0 Å². The highest BCUT2D eigenvalue weighted by molar-refractivity contribution is 7.26. The van der Waals surface area contributed by atoms with E-state index in [1.807, 2.05) is 0 Å². The summed E-state index contributed by atoms with van der Waals surface area (Å²) in [5, 5.41) is 10.5. The summed E-state index contributed by atoms with van der Waals surface area (Å²) >= 11 is 1.76. The van der Waals surface area contributed by atoms with Gasteiger partial charge in [-0.2, -0.15) is 0 Å². The average Bonchev–Trinajstić information content (AvgIpc) is 3.90. The summed E-state index contributed by atoms with van der Waals surface area (Å²) in [6.45, 7) is 0. The molecular weight excluding hydrogens is 667 g/mol. The predicted octanol–water partition coefficient (Wildman–Crippen LogP) is 13.5. The Morgan fingerprint density at radius 2 is 1.28 bits per heavy atom. The van der Waals surface area contributed by atoms with Gasteiger partial charge < -0.3 is 8.98 Å². The predicted molar refractivity (Wildman–Crippen MR) is 222 cm³/mol. The first-order valence-electron chi connectivity index (χ1n) is 17.8. The van der Waals surface area contributed by atoms with Gasteiger partial charge in [-0.1, -0.05) is 121 Å². The van der Waals surface area contributed by atoms with Crippen LogP contribution < -0.4 is 0 Å². The van der Waals surface area contributed by atoms with Gasteiger partial charge in [0, 0.05) is 53.8 Å². The molecule has 8 aromatic carbocycles. The van der Waals surface area contributed by atoms with Crippen LogP contribution in [0.3, 0.4) is 0 Å². The van der Waals surface area contributed by atoms with Crippen molar-refractivity contribution in [2.75, 3.05) is 0 Å². The molecule has 0 aliphatic rings. The molecule has 0 atom stereocenters. The fourth-order valence-corrected chi connectivity index (χ4v) is 9.54. The minimum atomic E-state index is 0.686. The summed E-state index contributed by atoms with van der Waals surface area (Å²) in [6.07, 6.45) is 0. The summed E-state index contributed by atoms with van der Waals surface area (Å²) in [5.74, 6) is 0.686. The zero-order valence-corrected chi connectivity index (χ0v) is 29.1. The molecule has 0 radical (unpaired) electrons. The first-order valence-corrected chi connectivity index (χ1v) is 18.6. The van der Waals surface area contributed by atoms with E-state index < -0.39 is 0 Å². The molecule has 246 valence electrons. The number of aromatic nitrogens is 3. The van der Waals surface area contributed by atoms with Crippen molar-refractivity contribution >= 4 is 96.9 Å². The number of benzene rings is 8. The molecule has 0 spiro atoms. The number of fused-ring (bicyclic) bond motifs is 12. The van der Waals surface area contributed by atoms with Crippen LogP contribution in [0.2, 0.25) is 0 Å². The van der Waals surface area contributed by atoms with Gasteiger partial charge in [0.15, 0.2) is 5.82 Å². The number of nitrogens with zero attached hydrogens (tertiary/aromatic N) is 3. The summed E-state index contributed by atoms with van der Waals surface area (Å²) in [4.78, 5) is 10.8. The Labute approximate surface area is 306 Å². The molecule has 4 aromatic heterocycles. The topological polar surface area (TPSA) is 43.9 Å². The monoisotopic (exact) mass is 693 g/mol. The molecule has 0 amide bonds. The average molecular weight is 694 g/mol. The minimum absolute atomic E-state index is 0.686. The molecule has 12 rings (SSSR count). The highest BCUT2D eigenvalue weighted by Crippen LogP contribution is 2.43. The highest BCUT2D eigenvalue weighted by atomic mass is 32.1. The Bertz CT molecular complexity index is 3480. The van der Waals surface area contributed by atoms with Crippen molar-refractivity contribution in [3.05, 3.63) is 164 Å². The van der Waals surface area contributed by atoms with Gasteiger partial charge in [0.2, 0.25) is 0 Å². The molecule has 12 aromatic rings. The quantitative estimate of drug-likeness (QED) is 0.185. The molecule has 0 N–H and O–H groups in total. The lowest BCUT2D eigenvalue weighted by atomic mass is 10.0. The largest absolute Gasteiger partial charge is 0.456 e. The number of hydrogen-bond acceptors (Lipinski definition) is 4. The Balaban J connectivity index is 1.15. The first-order chi connectivity index (χ1) is 26.3. The zero-order valence-electron chi connectivity index (χ0n) is 28.2. The van der Waals surface area contributed by atoms with Gasteiger partial charge in [0.05, 0.1) is 26.9 Å². The molecule has 0 unspecified atom stereocenters. The van der Waals surface area contributed by atoms with Gasteiger partial charge in [-0.15, -0.1) is 11.3 Å². The van der Waals surface area contributed by atoms with Crippen molar-refractivity contribution in [2.45, 2.75) is 0 Å². The van der Waals surface area contributed by atoms with Gasteiger partial charge in [0.1, 0.15) is 11.2 Å². The van der Waals surface area contributed by atoms with Gasteiger partial charge in [0.25, 0.3) is 0 Å². The lowest BCUT2D eigenvalue weighted by molar-refractivity contribution is 0.669. The first kappa shape index (κ1) is 28.8. The standard InChI is InChI=1S/C48H27N3OS/c1-2-12-30-26-31(21-20-28(30)10-1)44-47-45(36-15-6-8-19-42(36)53-47)50-48(49-44)37-16-9-18-41-43(37)38-27-32(23-25-40(38)52-41)51-39-17-7-5-14-34(39)35-24-22-29-11-3-4-13-33(29)46(35)51/h1-27H. The molecule has 4 nitrogen and oxygen atoms in total. The Morgan fingerprint density at radius 1 is 0.509 bits per heavy atom. The molecule has 0 aliphatic heterocycles. The van der Waals surface area contributed by atoms with E-state index in [0.717, 1.165) is 60.0 Å². The fourth-order valence-electron chi connectivity index (χ4n) is 8.38. The van der Waals surface area contributed by atoms with Crippen LogP contribution in [0.15, 0.2) is 168 Å². The second-order valence-electron chi connectivity index (χ2n) is 13.7. The number of furan rings is 1. The summed E-state index contributed by atoms with van der Waals surface area (Å²) < 4.78 is 11.3. The molecule has 0 saturated carbocycles. The number of rotatable bonds is 3. The third kappa shape index (κ3) is 4.17. The number of para-hydroxylation sites is 1. The van der Waals surface area contributed by atoms with Crippen molar-refractivity contribution < 1.29 is 4.42 Å². The lowest BCUT2D eigenvalue weighted by Crippen LogP contribution is -1.95. The Morgan fingerprint density at radius 3 is 2.21 bits per heavy atom. The Kier molecular flexibility index (Phi) is 5.90. The molecule has 0 saturated heterocycles. The molecule has 5 heteroatoms. The van der Waals surface area contributed by atoms with E-state index in [-0.39, 0.29) is 0 Å². The second-order valence-corrected chi connectivity index (χ2v) is 14.8. The van der Waals surface area contributed by atoms with E-state index in [1.165, 1.54) is 48.1 Å². The summed E-state index contributed by atoms with van der Waals surface area (Å²) in [5.41, 5.74) is 9.04. The normalized spacial score (nSPS) is 12.2. The van der Waals surface area contributed by atoms with Crippen LogP contribution >= 0.6 is 11.3 Å². The van der Waals surface area contributed by atoms with Crippen LogP contribution in [0.1, 0.15) is 0 Å². The van der Waals surface area contributed by atoms with E-state index in [0.29, 0.717) is 5.82 Å². The second kappa shape index (κ2) is 10.8. The van der Waals surface area contributed by atoms with E-state index in [9.17, 15) is 0 Å². The lowest BCUT2D eigenvalue weighted by Gasteiger charge is -2.11. The molecule has 4 heterocycles. The summed E-state index contributed by atoms with van der Waals surface area (Å²) in [7, 11) is 0. The van der Waals surface area contributed by atoms with E-state index in [1.54, 1.807) is 11.3 Å². The van der Waals surface area contributed by atoms with Crippen LogP contribution in [-0.4, -0.2) is 14.5 Å². The van der Waals surface area contributed by atoms with Crippen molar-refractivity contribution in [3.63, 3.8) is 0 Å². The maximum absolute atomic E-state index is 6.58. The molecule has 0 fully saturated rings. The third-order valence-corrected chi connectivity index (χ3v) is 11.9. The molecule has 0 bridgehead atoms. The van der Waals surface area contributed by atoms with Crippen LogP contribution in [0, 0.1) is 0 Å². The number of thiophene rings is 1. The third-order valence-electron chi connectivity index (χ3n) is 10.8. The zero-order chi connectivity index (χ0) is 34.6. The maximum Gasteiger partial charge on any atom is 0.161 e. The van der Waals surface area contributed by atoms with Gasteiger partial charge in [-0.05, 0) is 58.6 Å². The smallest absolute Gasteiger partial charge is 0.161 e. The molecule has 0 aliphatic carbocycles. The van der Waals surface area contributed by atoms with Crippen molar-refractivity contribution in [1.29, 1.82) is 0 Å². The van der Waals surface area contributed by atoms with E-state index >= 15 is 0 Å². The van der Waals surface area contributed by atoms with Crippen molar-refractivity contribution in [2.24, 2.45) is 0 Å². The van der Waals surface area contributed by atoms with Crippen LogP contribution in [0.25, 0.3) is 114 Å². The van der Waals surface area contributed by atoms with Crippen LogP contribution in [-0.2, 0) is 0 Å². The number of hydrogen-bond donors (Lipinski definition) is 0. The SMILES string of the molecule is c1ccc2cc(-c3nc(-c4cccc5oc6ccc(-n7c8ccccc8c8ccc9ccccc9c87)cc6c45)nc4c3sc3ccccc34)ccc2c1. The van der Waals surface area contributed by atoms with Gasteiger partial charge in [-0.25, -0.2) is 9.97 Å². The molecular formula is C48H27N3OS. The van der Waals surface area contributed by atoms with Gasteiger partial charge in [-0.3, -0.25) is 0 Å². The van der Waals surface area contributed by atoms with Crippen molar-refractivity contribution in [3.8, 4) is 28.3 Å². The van der Waals surface area contributed by atoms with E-state index in [2.05, 4.69) is 168 Å². The Hall–Kier alpha value is -6.82. The van der Waals surface area contributed by atoms with E-state index in [4.69, 9.17) is 14.4 Å². The molecule has 53 heavy (non-hydrogen) atoms. The fraction of sp³-hybridized carbons (Fsp3) is 0. The maximum atomic E-state index is 6.58. The van der Waals surface area contributed by atoms with Crippen molar-refractivity contribution in [1.82, 2.24) is 14.5 Å². The highest BCUT2D eigenvalue weighted by Gasteiger charge is 2.21. The van der Waals surface area contributed by atoms with Crippen LogP contribution in [0.4, 0.5) is 0 Å².